The Kier molecular flexibility index (Phi) is 4.03. The molecule has 15 heavy (non-hydrogen) atoms. The largest absolute Gasteiger partial charge is 0.299 e. The van der Waals surface area contributed by atoms with E-state index in [4.69, 9.17) is 0 Å². The average molecular weight is 270 g/mol. The highest BCUT2D eigenvalue weighted by molar-refractivity contribution is 9.10. The molecular weight excluding hydrogens is 254 g/mol. The van der Waals surface area contributed by atoms with Crippen molar-refractivity contribution in [3.63, 3.8) is 0 Å². The van der Waals surface area contributed by atoms with E-state index in [1.807, 2.05) is 13.0 Å². The van der Waals surface area contributed by atoms with Gasteiger partial charge in [0.05, 0.1) is 11.6 Å². The van der Waals surface area contributed by atoms with E-state index in [1.54, 1.807) is 13.1 Å². The topological polar surface area (TPSA) is 30.0 Å². The van der Waals surface area contributed by atoms with Gasteiger partial charge in [0.1, 0.15) is 5.78 Å². The van der Waals surface area contributed by atoms with Gasteiger partial charge in [-0.25, -0.2) is 0 Å². The third kappa shape index (κ3) is 2.88. The number of ketones is 1. The van der Waals surface area contributed by atoms with Gasteiger partial charge in [-0.15, -0.1) is 0 Å². The standard InChI is InChI=1S/C12H16BrNO/c1-7(2)11(9(4)15)12-8(3)5-10(13)6-14-12/h5-7,11H,1-4H3. The van der Waals surface area contributed by atoms with Gasteiger partial charge in [-0.1, -0.05) is 13.8 Å². The van der Waals surface area contributed by atoms with Crippen molar-refractivity contribution in [3.8, 4) is 0 Å². The fraction of sp³-hybridized carbons (Fsp3) is 0.500. The van der Waals surface area contributed by atoms with Crippen LogP contribution >= 0.6 is 15.9 Å². The van der Waals surface area contributed by atoms with Gasteiger partial charge in [0, 0.05) is 10.7 Å². The molecule has 1 heterocycles. The van der Waals surface area contributed by atoms with Crippen LogP contribution in [0, 0.1) is 12.8 Å². The Morgan fingerprint density at radius 1 is 1.47 bits per heavy atom. The molecule has 0 fully saturated rings. The molecule has 0 N–H and O–H groups in total. The van der Waals surface area contributed by atoms with Gasteiger partial charge in [-0.3, -0.25) is 9.78 Å². The lowest BCUT2D eigenvalue weighted by molar-refractivity contribution is -0.119. The third-order valence-electron chi connectivity index (χ3n) is 2.48. The second-order valence-electron chi connectivity index (χ2n) is 4.19. The van der Waals surface area contributed by atoms with Crippen molar-refractivity contribution in [2.45, 2.75) is 33.6 Å². The lowest BCUT2D eigenvalue weighted by Crippen LogP contribution is -2.17. The molecule has 1 atom stereocenters. The Morgan fingerprint density at radius 3 is 2.47 bits per heavy atom. The first-order valence-electron chi connectivity index (χ1n) is 5.06. The summed E-state index contributed by atoms with van der Waals surface area (Å²) < 4.78 is 0.954. The third-order valence-corrected chi connectivity index (χ3v) is 2.92. The molecule has 0 spiro atoms. The number of hydrogen-bond donors (Lipinski definition) is 0. The van der Waals surface area contributed by atoms with Crippen molar-refractivity contribution in [2.24, 2.45) is 5.92 Å². The van der Waals surface area contributed by atoms with Crippen LogP contribution in [0.1, 0.15) is 37.9 Å². The number of aryl methyl sites for hydroxylation is 1. The minimum atomic E-state index is -0.0851. The van der Waals surface area contributed by atoms with Crippen molar-refractivity contribution < 1.29 is 4.79 Å². The number of pyridine rings is 1. The summed E-state index contributed by atoms with van der Waals surface area (Å²) in [6, 6.07) is 2.00. The van der Waals surface area contributed by atoms with Crippen LogP contribution in [0.25, 0.3) is 0 Å². The van der Waals surface area contributed by atoms with Gasteiger partial charge in [-0.2, -0.15) is 0 Å². The minimum Gasteiger partial charge on any atom is -0.299 e. The van der Waals surface area contributed by atoms with E-state index in [0.717, 1.165) is 15.7 Å². The smallest absolute Gasteiger partial charge is 0.139 e. The van der Waals surface area contributed by atoms with Crippen LogP contribution in [-0.4, -0.2) is 10.8 Å². The van der Waals surface area contributed by atoms with Crippen LogP contribution in [0.15, 0.2) is 16.7 Å². The first-order chi connectivity index (χ1) is 6.93. The van der Waals surface area contributed by atoms with Gasteiger partial charge in [0.2, 0.25) is 0 Å². The number of halogens is 1. The summed E-state index contributed by atoms with van der Waals surface area (Å²) >= 11 is 3.37. The molecule has 0 aliphatic rings. The van der Waals surface area contributed by atoms with Crippen molar-refractivity contribution >= 4 is 21.7 Å². The van der Waals surface area contributed by atoms with E-state index in [2.05, 4.69) is 34.8 Å². The normalized spacial score (nSPS) is 12.9. The molecular formula is C12H16BrNO. The highest BCUT2D eigenvalue weighted by Crippen LogP contribution is 2.27. The highest BCUT2D eigenvalue weighted by Gasteiger charge is 2.23. The van der Waals surface area contributed by atoms with Crippen molar-refractivity contribution in [1.29, 1.82) is 0 Å². The molecule has 1 aromatic rings. The van der Waals surface area contributed by atoms with Crippen LogP contribution in [0.3, 0.4) is 0 Å². The first kappa shape index (κ1) is 12.4. The zero-order valence-electron chi connectivity index (χ0n) is 9.54. The van der Waals surface area contributed by atoms with E-state index in [9.17, 15) is 4.79 Å². The SMILES string of the molecule is CC(=O)C(c1ncc(Br)cc1C)C(C)C. The summed E-state index contributed by atoms with van der Waals surface area (Å²) in [6.07, 6.45) is 1.75. The summed E-state index contributed by atoms with van der Waals surface area (Å²) in [7, 11) is 0. The quantitative estimate of drug-likeness (QED) is 0.841. The molecule has 82 valence electrons. The van der Waals surface area contributed by atoms with E-state index >= 15 is 0 Å². The number of carbonyl (C=O) groups excluding carboxylic acids is 1. The van der Waals surface area contributed by atoms with Crippen LogP contribution < -0.4 is 0 Å². The molecule has 0 saturated carbocycles. The highest BCUT2D eigenvalue weighted by atomic mass is 79.9. The number of carbonyl (C=O) groups is 1. The molecule has 2 nitrogen and oxygen atoms in total. The molecule has 0 radical (unpaired) electrons. The summed E-state index contributed by atoms with van der Waals surface area (Å²) in [5, 5.41) is 0. The molecule has 3 heteroatoms. The molecule has 1 unspecified atom stereocenters. The van der Waals surface area contributed by atoms with Gasteiger partial charge in [-0.05, 0) is 47.3 Å². The fourth-order valence-electron chi connectivity index (χ4n) is 1.85. The summed E-state index contributed by atoms with van der Waals surface area (Å²) in [4.78, 5) is 15.9. The number of rotatable bonds is 3. The monoisotopic (exact) mass is 269 g/mol. The maximum absolute atomic E-state index is 11.6. The molecule has 0 aliphatic heterocycles. The predicted molar refractivity (Wildman–Crippen MR) is 64.9 cm³/mol. The van der Waals surface area contributed by atoms with Crippen LogP contribution in [0.2, 0.25) is 0 Å². The van der Waals surface area contributed by atoms with Gasteiger partial charge in [0.25, 0.3) is 0 Å². The number of nitrogens with zero attached hydrogens (tertiary/aromatic N) is 1. The van der Waals surface area contributed by atoms with E-state index in [1.165, 1.54) is 0 Å². The Hall–Kier alpha value is -0.700. The zero-order valence-corrected chi connectivity index (χ0v) is 11.1. The van der Waals surface area contributed by atoms with Gasteiger partial charge < -0.3 is 0 Å². The maximum atomic E-state index is 11.6. The van der Waals surface area contributed by atoms with Crippen LogP contribution in [-0.2, 0) is 4.79 Å². The Morgan fingerprint density at radius 2 is 2.07 bits per heavy atom. The predicted octanol–water partition coefficient (Wildman–Crippen LogP) is 3.48. The summed E-state index contributed by atoms with van der Waals surface area (Å²) in [5.74, 6) is 0.385. The zero-order chi connectivity index (χ0) is 11.6. The van der Waals surface area contributed by atoms with Crippen LogP contribution in [0.4, 0.5) is 0 Å². The Balaban J connectivity index is 3.17. The van der Waals surface area contributed by atoms with Gasteiger partial charge >= 0.3 is 0 Å². The second kappa shape index (κ2) is 4.88. The van der Waals surface area contributed by atoms with E-state index in [-0.39, 0.29) is 17.6 Å². The van der Waals surface area contributed by atoms with E-state index in [0.29, 0.717) is 0 Å². The molecule has 0 aliphatic carbocycles. The molecule has 0 bridgehead atoms. The Labute approximate surface area is 99.2 Å². The fourth-order valence-corrected chi connectivity index (χ4v) is 2.30. The second-order valence-corrected chi connectivity index (χ2v) is 5.10. The van der Waals surface area contributed by atoms with Crippen molar-refractivity contribution in [2.75, 3.05) is 0 Å². The molecule has 0 amide bonds. The average Bonchev–Trinajstić information content (AvgIpc) is 2.08. The van der Waals surface area contributed by atoms with E-state index < -0.39 is 0 Å². The molecule has 1 aromatic heterocycles. The molecule has 0 aromatic carbocycles. The Bertz CT molecular complexity index is 374. The molecule has 1 rings (SSSR count). The minimum absolute atomic E-state index is 0.0851. The lowest BCUT2D eigenvalue weighted by Gasteiger charge is -2.19. The number of Topliss-reactive ketones (excluding diaryl/α,β-unsaturated/α-hetero) is 1. The molecule has 0 saturated heterocycles. The maximum Gasteiger partial charge on any atom is 0.139 e. The van der Waals surface area contributed by atoms with Gasteiger partial charge in [0.15, 0.2) is 0 Å². The van der Waals surface area contributed by atoms with Crippen molar-refractivity contribution in [1.82, 2.24) is 4.98 Å². The number of aromatic nitrogens is 1. The lowest BCUT2D eigenvalue weighted by atomic mass is 9.87. The summed E-state index contributed by atoms with van der Waals surface area (Å²) in [5.41, 5.74) is 1.97. The van der Waals surface area contributed by atoms with Crippen molar-refractivity contribution in [3.05, 3.63) is 28.0 Å². The van der Waals surface area contributed by atoms with Crippen LogP contribution in [0.5, 0.6) is 0 Å². The first-order valence-corrected chi connectivity index (χ1v) is 5.85. The number of hydrogen-bond acceptors (Lipinski definition) is 2. The summed E-state index contributed by atoms with van der Waals surface area (Å²) in [6.45, 7) is 7.73.